The molecule has 0 spiro atoms. The molecule has 2 aliphatic rings. The van der Waals surface area contributed by atoms with Gasteiger partial charge in [0.15, 0.2) is 18.2 Å². The summed E-state index contributed by atoms with van der Waals surface area (Å²) in [5, 5.41) is 19.5. The quantitative estimate of drug-likeness (QED) is 0.577. The minimum atomic E-state index is -0.992. The zero-order valence-corrected chi connectivity index (χ0v) is 13.2. The van der Waals surface area contributed by atoms with Gasteiger partial charge in [-0.2, -0.15) is 0 Å². The van der Waals surface area contributed by atoms with Crippen molar-refractivity contribution in [2.45, 2.75) is 30.8 Å². The first-order chi connectivity index (χ1) is 10.9. The summed E-state index contributed by atoms with van der Waals surface area (Å²) < 4.78 is 12.6. The summed E-state index contributed by atoms with van der Waals surface area (Å²) in [5.41, 5.74) is 6.28. The summed E-state index contributed by atoms with van der Waals surface area (Å²) in [5.74, 6) is 0.189. The van der Waals surface area contributed by atoms with Gasteiger partial charge in [0.25, 0.3) is 5.91 Å². The van der Waals surface area contributed by atoms with Crippen molar-refractivity contribution < 1.29 is 24.5 Å². The molecule has 3 rings (SSSR count). The molecule has 0 aliphatic carbocycles. The van der Waals surface area contributed by atoms with Crippen molar-refractivity contribution in [3.05, 3.63) is 12.0 Å². The summed E-state index contributed by atoms with van der Waals surface area (Å²) in [6.45, 7) is -0.342. The van der Waals surface area contributed by atoms with Gasteiger partial charge in [0.1, 0.15) is 24.1 Å². The molecular formula is C13H21N5O5. The number of nitrogens with two attached hydrogens (primary N) is 1. The number of nitrogens with zero attached hydrogens (tertiary/aromatic N) is 4. The molecule has 10 heteroatoms. The largest absolute Gasteiger partial charge is 0.394 e. The minimum absolute atomic E-state index is 0.247. The number of methoxy groups -OCH3 is 1. The zero-order valence-electron chi connectivity index (χ0n) is 13.2. The fourth-order valence-corrected chi connectivity index (χ4v) is 3.06. The number of hydrogen-bond donors (Lipinski definition) is 3. The van der Waals surface area contributed by atoms with E-state index in [4.69, 9.17) is 15.2 Å². The Morgan fingerprint density at radius 2 is 2.13 bits per heavy atom. The monoisotopic (exact) mass is 327 g/mol. The second-order valence-corrected chi connectivity index (χ2v) is 5.70. The molecule has 10 nitrogen and oxygen atoms in total. The number of carbonyl (C=O) groups is 1. The van der Waals surface area contributed by atoms with Crippen LogP contribution in [0.1, 0.15) is 16.7 Å². The van der Waals surface area contributed by atoms with Crippen LogP contribution in [0, 0.1) is 0 Å². The lowest BCUT2D eigenvalue weighted by Gasteiger charge is -2.38. The summed E-state index contributed by atoms with van der Waals surface area (Å²) in [6, 6.07) is 0. The highest BCUT2D eigenvalue weighted by atomic mass is 16.6. The van der Waals surface area contributed by atoms with Gasteiger partial charge in [0.2, 0.25) is 0 Å². The first kappa shape index (κ1) is 16.1. The van der Waals surface area contributed by atoms with Gasteiger partial charge in [-0.15, -0.1) is 0 Å². The molecule has 1 aromatic heterocycles. The number of amides is 1. The molecule has 1 unspecified atom stereocenters. The fraction of sp³-hybridized carbons (Fsp3) is 0.692. The SMILES string of the molecule is CO[C@@H]1[C@H](O)[C@@H](CO)O[C@H]1n1cnc2c1N(C)C(N)N(C)C2=O. The van der Waals surface area contributed by atoms with Crippen molar-refractivity contribution in [2.75, 3.05) is 32.7 Å². The van der Waals surface area contributed by atoms with Crippen LogP contribution in [0.2, 0.25) is 0 Å². The maximum atomic E-state index is 12.3. The number of imidazole rings is 1. The predicted octanol–water partition coefficient (Wildman–Crippen LogP) is -2.09. The van der Waals surface area contributed by atoms with Crippen LogP contribution in [0.4, 0.5) is 5.82 Å². The minimum Gasteiger partial charge on any atom is -0.394 e. The summed E-state index contributed by atoms with van der Waals surface area (Å²) in [4.78, 5) is 19.6. The number of aromatic nitrogens is 2. The van der Waals surface area contributed by atoms with Crippen molar-refractivity contribution in [3.8, 4) is 0 Å². The Morgan fingerprint density at radius 3 is 2.74 bits per heavy atom. The normalized spacial score (nSPS) is 34.2. The van der Waals surface area contributed by atoms with Gasteiger partial charge in [-0.3, -0.25) is 15.1 Å². The van der Waals surface area contributed by atoms with Gasteiger partial charge in [-0.05, 0) is 0 Å². The Kier molecular flexibility index (Phi) is 4.02. The van der Waals surface area contributed by atoms with E-state index in [-0.39, 0.29) is 18.2 Å². The van der Waals surface area contributed by atoms with E-state index in [9.17, 15) is 15.0 Å². The van der Waals surface area contributed by atoms with E-state index in [1.807, 2.05) is 0 Å². The lowest BCUT2D eigenvalue weighted by atomic mass is 10.1. The molecule has 128 valence electrons. The second-order valence-electron chi connectivity index (χ2n) is 5.70. The number of carbonyl (C=O) groups excluding carboxylic acids is 1. The number of rotatable bonds is 3. The van der Waals surface area contributed by atoms with Crippen molar-refractivity contribution in [3.63, 3.8) is 0 Å². The third kappa shape index (κ3) is 2.22. The van der Waals surface area contributed by atoms with E-state index in [1.54, 1.807) is 23.6 Å². The Bertz CT molecular complexity index is 608. The highest BCUT2D eigenvalue weighted by Gasteiger charge is 2.47. The Labute approximate surface area is 133 Å². The van der Waals surface area contributed by atoms with Gasteiger partial charge in [-0.1, -0.05) is 0 Å². The molecule has 4 N–H and O–H groups in total. The third-order valence-electron chi connectivity index (χ3n) is 4.46. The second kappa shape index (κ2) is 5.73. The molecule has 0 saturated carbocycles. The molecule has 1 aromatic rings. The first-order valence-electron chi connectivity index (χ1n) is 7.22. The average molecular weight is 327 g/mol. The van der Waals surface area contributed by atoms with E-state index >= 15 is 0 Å². The van der Waals surface area contributed by atoms with Crippen molar-refractivity contribution in [1.82, 2.24) is 14.5 Å². The van der Waals surface area contributed by atoms with Gasteiger partial charge in [0, 0.05) is 21.2 Å². The molecule has 3 heterocycles. The van der Waals surface area contributed by atoms with Gasteiger partial charge >= 0.3 is 0 Å². The Hall–Kier alpha value is -1.72. The molecule has 1 fully saturated rings. The number of anilines is 1. The molecule has 0 aromatic carbocycles. The topological polar surface area (TPSA) is 126 Å². The van der Waals surface area contributed by atoms with Crippen LogP contribution in [-0.4, -0.2) is 83.0 Å². The summed E-state index contributed by atoms with van der Waals surface area (Å²) >= 11 is 0. The molecule has 23 heavy (non-hydrogen) atoms. The molecule has 5 atom stereocenters. The first-order valence-corrected chi connectivity index (χ1v) is 7.22. The smallest absolute Gasteiger partial charge is 0.278 e. The van der Waals surface area contributed by atoms with Crippen molar-refractivity contribution in [2.24, 2.45) is 5.73 Å². The number of fused-ring (bicyclic) bond motifs is 1. The number of hydrogen-bond acceptors (Lipinski definition) is 8. The molecule has 1 amide bonds. The molecule has 1 saturated heterocycles. The summed E-state index contributed by atoms with van der Waals surface area (Å²) in [6.07, 6.45) is -2.39. The predicted molar refractivity (Wildman–Crippen MR) is 78.5 cm³/mol. The fourth-order valence-electron chi connectivity index (χ4n) is 3.06. The lowest BCUT2D eigenvalue weighted by molar-refractivity contribution is -0.0596. The van der Waals surface area contributed by atoms with Crippen molar-refractivity contribution in [1.29, 1.82) is 0 Å². The van der Waals surface area contributed by atoms with Crippen LogP contribution in [0.25, 0.3) is 0 Å². The van der Waals surface area contributed by atoms with Crippen LogP contribution < -0.4 is 10.6 Å². The van der Waals surface area contributed by atoms with Crippen LogP contribution >= 0.6 is 0 Å². The number of aliphatic hydroxyl groups excluding tert-OH is 2. The third-order valence-corrected chi connectivity index (χ3v) is 4.46. The van der Waals surface area contributed by atoms with Crippen LogP contribution in [-0.2, 0) is 9.47 Å². The van der Waals surface area contributed by atoms with E-state index in [2.05, 4.69) is 4.98 Å². The maximum Gasteiger partial charge on any atom is 0.278 e. The lowest BCUT2D eigenvalue weighted by Crippen LogP contribution is -2.57. The highest BCUT2D eigenvalue weighted by molar-refractivity contribution is 5.99. The molecule has 0 bridgehead atoms. The number of ether oxygens (including phenoxy) is 2. The highest BCUT2D eigenvalue weighted by Crippen LogP contribution is 2.37. The Morgan fingerprint density at radius 1 is 1.43 bits per heavy atom. The van der Waals surface area contributed by atoms with Crippen molar-refractivity contribution >= 4 is 11.7 Å². The van der Waals surface area contributed by atoms with Gasteiger partial charge in [0.05, 0.1) is 12.9 Å². The zero-order chi connectivity index (χ0) is 16.9. The van der Waals surface area contributed by atoms with Gasteiger partial charge < -0.3 is 29.5 Å². The van der Waals surface area contributed by atoms with E-state index in [0.29, 0.717) is 5.82 Å². The van der Waals surface area contributed by atoms with E-state index < -0.39 is 30.8 Å². The summed E-state index contributed by atoms with van der Waals surface area (Å²) in [7, 11) is 4.78. The molecule has 0 radical (unpaired) electrons. The van der Waals surface area contributed by atoms with E-state index in [1.165, 1.54) is 18.3 Å². The molecule has 2 aliphatic heterocycles. The van der Waals surface area contributed by atoms with Gasteiger partial charge in [-0.25, -0.2) is 4.98 Å². The van der Waals surface area contributed by atoms with Crippen LogP contribution in [0.3, 0.4) is 0 Å². The average Bonchev–Trinajstić information content (AvgIpc) is 3.11. The standard InChI is InChI=1S/C13H21N5O5/c1-16-10-7(11(21)17(2)13(16)14)15-5-18(10)12-9(22-3)8(20)6(4-19)23-12/h5-6,8-9,12-13,19-20H,4,14H2,1-3H3/t6-,8-,9-,12-,13?/m1/s1. The molecular weight excluding hydrogens is 306 g/mol. The number of aliphatic hydroxyl groups is 2. The van der Waals surface area contributed by atoms with Crippen LogP contribution in [0.15, 0.2) is 6.33 Å². The maximum absolute atomic E-state index is 12.3. The Balaban J connectivity index is 2.03. The van der Waals surface area contributed by atoms with Crippen LogP contribution in [0.5, 0.6) is 0 Å². The van der Waals surface area contributed by atoms with E-state index in [0.717, 1.165) is 0 Å².